The summed E-state index contributed by atoms with van der Waals surface area (Å²) in [5, 5.41) is 0.597. The molecule has 4 heteroatoms. The van der Waals surface area contributed by atoms with Gasteiger partial charge in [-0.25, -0.2) is 0 Å². The van der Waals surface area contributed by atoms with Crippen LogP contribution < -0.4 is 15.2 Å². The summed E-state index contributed by atoms with van der Waals surface area (Å²) in [6.07, 6.45) is 0. The molecule has 0 aliphatic carbocycles. The summed E-state index contributed by atoms with van der Waals surface area (Å²) in [6.45, 7) is 9.56. The van der Waals surface area contributed by atoms with Gasteiger partial charge < -0.3 is 15.2 Å². The van der Waals surface area contributed by atoms with Gasteiger partial charge in [-0.3, -0.25) is 0 Å². The molecule has 0 amide bonds. The van der Waals surface area contributed by atoms with E-state index in [0.717, 1.165) is 22.8 Å². The number of nitrogens with two attached hydrogens (primary N) is 1. The highest BCUT2D eigenvalue weighted by molar-refractivity contribution is 7.99. The third-order valence-electron chi connectivity index (χ3n) is 2.60. The largest absolute Gasteiger partial charge is 0.490 e. The van der Waals surface area contributed by atoms with Crippen molar-refractivity contribution in [2.45, 2.75) is 39.0 Å². The van der Waals surface area contributed by atoms with Crippen LogP contribution in [0.2, 0.25) is 0 Å². The minimum Gasteiger partial charge on any atom is -0.490 e. The molecule has 0 heterocycles. The lowest BCUT2D eigenvalue weighted by Crippen LogP contribution is -2.14. The Morgan fingerprint density at radius 3 is 2.32 bits per heavy atom. The van der Waals surface area contributed by atoms with E-state index in [1.54, 1.807) is 0 Å². The summed E-state index contributed by atoms with van der Waals surface area (Å²) < 4.78 is 11.2. The zero-order valence-corrected chi connectivity index (χ0v) is 13.1. The van der Waals surface area contributed by atoms with E-state index in [1.807, 2.05) is 43.8 Å². The van der Waals surface area contributed by atoms with Crippen molar-refractivity contribution in [1.82, 2.24) is 0 Å². The van der Waals surface area contributed by atoms with Crippen LogP contribution in [-0.2, 0) is 0 Å². The maximum absolute atomic E-state index is 6.22. The summed E-state index contributed by atoms with van der Waals surface area (Å²) >= 11 is 1.87. The molecule has 0 bridgehead atoms. The lowest BCUT2D eigenvalue weighted by atomic mass is 10.1. The second kappa shape index (κ2) is 8.33. The second-order valence-corrected chi connectivity index (χ2v) is 6.17. The number of hydrogen-bond acceptors (Lipinski definition) is 4. The molecular formula is C15H25NO2S. The van der Waals surface area contributed by atoms with Crippen molar-refractivity contribution in [1.29, 1.82) is 0 Å². The van der Waals surface area contributed by atoms with Crippen LogP contribution in [0.1, 0.15) is 39.3 Å². The molecule has 1 atom stereocenters. The van der Waals surface area contributed by atoms with Crippen LogP contribution in [0.15, 0.2) is 18.2 Å². The topological polar surface area (TPSA) is 44.5 Å². The van der Waals surface area contributed by atoms with E-state index in [2.05, 4.69) is 13.8 Å². The monoisotopic (exact) mass is 283 g/mol. The first kappa shape index (κ1) is 16.2. The molecule has 3 nitrogen and oxygen atoms in total. The molecule has 0 fully saturated rings. The van der Waals surface area contributed by atoms with Gasteiger partial charge in [0.05, 0.1) is 13.2 Å². The molecule has 1 rings (SSSR count). The van der Waals surface area contributed by atoms with Crippen LogP contribution in [0.3, 0.4) is 0 Å². The molecule has 0 aliphatic heterocycles. The Labute approximate surface area is 120 Å². The summed E-state index contributed by atoms with van der Waals surface area (Å²) in [6, 6.07) is 6.00. The van der Waals surface area contributed by atoms with Gasteiger partial charge in [-0.2, -0.15) is 11.8 Å². The van der Waals surface area contributed by atoms with Crippen LogP contribution in [0, 0.1) is 0 Å². The van der Waals surface area contributed by atoms with Crippen molar-refractivity contribution in [3.05, 3.63) is 23.8 Å². The molecule has 0 spiro atoms. The molecule has 108 valence electrons. The minimum absolute atomic E-state index is 0.0299. The average Bonchev–Trinajstić information content (AvgIpc) is 2.38. The third-order valence-corrected chi connectivity index (χ3v) is 3.82. The number of benzene rings is 1. The first-order valence-electron chi connectivity index (χ1n) is 6.85. The zero-order chi connectivity index (χ0) is 14.3. The zero-order valence-electron chi connectivity index (χ0n) is 12.3. The van der Waals surface area contributed by atoms with E-state index in [9.17, 15) is 0 Å². The quantitative estimate of drug-likeness (QED) is 0.791. The Morgan fingerprint density at radius 2 is 1.74 bits per heavy atom. The van der Waals surface area contributed by atoms with Crippen molar-refractivity contribution < 1.29 is 9.47 Å². The van der Waals surface area contributed by atoms with Gasteiger partial charge >= 0.3 is 0 Å². The van der Waals surface area contributed by atoms with Crippen molar-refractivity contribution in [2.75, 3.05) is 19.0 Å². The Hall–Kier alpha value is -0.870. The number of ether oxygens (including phenoxy) is 2. The lowest BCUT2D eigenvalue weighted by molar-refractivity contribution is 0.287. The molecule has 0 aliphatic rings. The van der Waals surface area contributed by atoms with E-state index in [1.165, 1.54) is 0 Å². The molecular weight excluding hydrogens is 258 g/mol. The predicted octanol–water partition coefficient (Wildman–Crippen LogP) is 3.63. The smallest absolute Gasteiger partial charge is 0.161 e. The molecule has 2 N–H and O–H groups in total. The van der Waals surface area contributed by atoms with Gasteiger partial charge in [0.2, 0.25) is 0 Å². The second-order valence-electron chi connectivity index (χ2n) is 4.56. The first-order chi connectivity index (χ1) is 9.08. The van der Waals surface area contributed by atoms with Gasteiger partial charge in [-0.15, -0.1) is 0 Å². The Balaban J connectivity index is 2.81. The van der Waals surface area contributed by atoms with E-state index in [-0.39, 0.29) is 6.04 Å². The Morgan fingerprint density at radius 1 is 1.11 bits per heavy atom. The SMILES string of the molecule is CCOc1ccc(C(N)CSC(C)C)cc1OCC. The fourth-order valence-corrected chi connectivity index (χ4v) is 2.48. The fourth-order valence-electron chi connectivity index (χ4n) is 1.69. The summed E-state index contributed by atoms with van der Waals surface area (Å²) in [7, 11) is 0. The lowest BCUT2D eigenvalue weighted by Gasteiger charge is -2.17. The predicted molar refractivity (Wildman–Crippen MR) is 83.3 cm³/mol. The molecule has 1 aromatic rings. The van der Waals surface area contributed by atoms with E-state index in [4.69, 9.17) is 15.2 Å². The van der Waals surface area contributed by atoms with Gasteiger partial charge in [-0.1, -0.05) is 19.9 Å². The van der Waals surface area contributed by atoms with Gasteiger partial charge in [-0.05, 0) is 36.8 Å². The molecule has 0 saturated carbocycles. The van der Waals surface area contributed by atoms with Crippen LogP contribution in [0.5, 0.6) is 11.5 Å². The van der Waals surface area contributed by atoms with E-state index >= 15 is 0 Å². The van der Waals surface area contributed by atoms with E-state index in [0.29, 0.717) is 18.5 Å². The number of thioether (sulfide) groups is 1. The molecule has 19 heavy (non-hydrogen) atoms. The molecule has 1 aromatic carbocycles. The van der Waals surface area contributed by atoms with Crippen molar-refractivity contribution in [2.24, 2.45) is 5.73 Å². The maximum atomic E-state index is 6.22. The highest BCUT2D eigenvalue weighted by atomic mass is 32.2. The third kappa shape index (κ3) is 5.33. The highest BCUT2D eigenvalue weighted by Gasteiger charge is 2.12. The molecule has 0 saturated heterocycles. The van der Waals surface area contributed by atoms with Crippen LogP contribution in [-0.4, -0.2) is 24.2 Å². The summed E-state index contributed by atoms with van der Waals surface area (Å²) in [5.74, 6) is 2.49. The Bertz CT molecular complexity index is 382. The molecule has 0 aromatic heterocycles. The van der Waals surface area contributed by atoms with E-state index < -0.39 is 0 Å². The van der Waals surface area contributed by atoms with Crippen LogP contribution >= 0.6 is 11.8 Å². The fraction of sp³-hybridized carbons (Fsp3) is 0.600. The van der Waals surface area contributed by atoms with Crippen molar-refractivity contribution in [3.8, 4) is 11.5 Å². The van der Waals surface area contributed by atoms with Crippen molar-refractivity contribution in [3.63, 3.8) is 0 Å². The average molecular weight is 283 g/mol. The maximum Gasteiger partial charge on any atom is 0.161 e. The number of rotatable bonds is 8. The van der Waals surface area contributed by atoms with Crippen LogP contribution in [0.4, 0.5) is 0 Å². The summed E-state index contributed by atoms with van der Waals surface area (Å²) in [4.78, 5) is 0. The minimum atomic E-state index is 0.0299. The molecule has 1 unspecified atom stereocenters. The van der Waals surface area contributed by atoms with Crippen molar-refractivity contribution >= 4 is 11.8 Å². The molecule has 0 radical (unpaired) electrons. The normalized spacial score (nSPS) is 12.5. The standard InChI is InChI=1S/C15H25NO2S/c1-5-17-14-8-7-12(9-15(14)18-6-2)13(16)10-19-11(3)4/h7-9,11,13H,5-6,10,16H2,1-4H3. The van der Waals surface area contributed by atoms with Crippen LogP contribution in [0.25, 0.3) is 0 Å². The first-order valence-corrected chi connectivity index (χ1v) is 7.90. The van der Waals surface area contributed by atoms with Gasteiger partial charge in [0.25, 0.3) is 0 Å². The Kier molecular flexibility index (Phi) is 7.10. The van der Waals surface area contributed by atoms with Gasteiger partial charge in [0.1, 0.15) is 0 Å². The highest BCUT2D eigenvalue weighted by Crippen LogP contribution is 2.31. The number of hydrogen-bond donors (Lipinski definition) is 1. The van der Waals surface area contributed by atoms with Gasteiger partial charge in [0.15, 0.2) is 11.5 Å². The van der Waals surface area contributed by atoms with Gasteiger partial charge in [0, 0.05) is 11.8 Å². The summed E-state index contributed by atoms with van der Waals surface area (Å²) in [5.41, 5.74) is 7.31.